The third-order valence-corrected chi connectivity index (χ3v) is 2.56. The predicted octanol–water partition coefficient (Wildman–Crippen LogP) is 1.56. The van der Waals surface area contributed by atoms with Crippen molar-refractivity contribution in [2.24, 2.45) is 0 Å². The average Bonchev–Trinajstić information content (AvgIpc) is 2.19. The normalized spacial score (nSPS) is 17.1. The van der Waals surface area contributed by atoms with Crippen molar-refractivity contribution >= 4 is 5.69 Å². The molecule has 14 heavy (non-hydrogen) atoms. The van der Waals surface area contributed by atoms with Crippen molar-refractivity contribution < 1.29 is 4.39 Å². The first-order chi connectivity index (χ1) is 6.77. The summed E-state index contributed by atoms with van der Waals surface area (Å²) in [5.74, 6) is -0.159. The van der Waals surface area contributed by atoms with Gasteiger partial charge in [0.2, 0.25) is 0 Å². The molecule has 0 amide bonds. The van der Waals surface area contributed by atoms with Gasteiger partial charge in [0.05, 0.1) is 0 Å². The van der Waals surface area contributed by atoms with Gasteiger partial charge in [-0.2, -0.15) is 0 Å². The van der Waals surface area contributed by atoms with Gasteiger partial charge in [0.25, 0.3) is 0 Å². The Bertz CT molecular complexity index is 319. The minimum atomic E-state index is -0.159. The van der Waals surface area contributed by atoms with Gasteiger partial charge < -0.3 is 4.90 Å². The van der Waals surface area contributed by atoms with E-state index >= 15 is 0 Å². The van der Waals surface area contributed by atoms with E-state index in [0.717, 1.165) is 37.4 Å². The molecule has 1 heterocycles. The largest absolute Gasteiger partial charge is 0.369 e. The zero-order chi connectivity index (χ0) is 9.97. The summed E-state index contributed by atoms with van der Waals surface area (Å²) in [5.41, 5.74) is 2.15. The number of aryl methyl sites for hydroxylation is 1. The summed E-state index contributed by atoms with van der Waals surface area (Å²) in [6.07, 6.45) is 0. The predicted molar refractivity (Wildman–Crippen MR) is 55.2 cm³/mol. The van der Waals surface area contributed by atoms with Crippen molar-refractivity contribution in [3.05, 3.63) is 29.6 Å². The van der Waals surface area contributed by atoms with E-state index in [-0.39, 0.29) is 5.82 Å². The summed E-state index contributed by atoms with van der Waals surface area (Å²) in [7, 11) is 0. The van der Waals surface area contributed by atoms with Crippen LogP contribution in [0.1, 0.15) is 5.56 Å². The number of nitrogens with zero attached hydrogens (tertiary/aromatic N) is 2. The van der Waals surface area contributed by atoms with Crippen LogP contribution >= 0.6 is 0 Å². The smallest absolute Gasteiger partial charge is 0.123 e. The van der Waals surface area contributed by atoms with Gasteiger partial charge in [0.1, 0.15) is 5.82 Å². The van der Waals surface area contributed by atoms with Gasteiger partial charge in [-0.15, -0.1) is 0 Å². The van der Waals surface area contributed by atoms with E-state index in [0.29, 0.717) is 0 Å². The first-order valence-electron chi connectivity index (χ1n) is 4.92. The van der Waals surface area contributed by atoms with Crippen molar-refractivity contribution in [2.75, 3.05) is 31.1 Å². The van der Waals surface area contributed by atoms with Crippen LogP contribution in [0.3, 0.4) is 0 Å². The SMILES string of the molecule is Cc1cc(F)ccc1N1CC[N]CC1. The fourth-order valence-corrected chi connectivity index (χ4v) is 1.82. The van der Waals surface area contributed by atoms with Crippen LogP contribution in [-0.2, 0) is 0 Å². The quantitative estimate of drug-likeness (QED) is 0.661. The number of piperazine rings is 1. The van der Waals surface area contributed by atoms with Gasteiger partial charge in [0, 0.05) is 31.9 Å². The van der Waals surface area contributed by atoms with Gasteiger partial charge in [-0.3, -0.25) is 0 Å². The molecule has 0 atom stereocenters. The molecule has 1 saturated heterocycles. The van der Waals surface area contributed by atoms with Crippen LogP contribution < -0.4 is 10.2 Å². The van der Waals surface area contributed by atoms with Crippen LogP contribution in [0.15, 0.2) is 18.2 Å². The van der Waals surface area contributed by atoms with E-state index in [4.69, 9.17) is 0 Å². The first-order valence-corrected chi connectivity index (χ1v) is 4.92. The van der Waals surface area contributed by atoms with Crippen LogP contribution in [0.25, 0.3) is 0 Å². The van der Waals surface area contributed by atoms with Crippen LogP contribution in [-0.4, -0.2) is 26.2 Å². The molecule has 0 aromatic heterocycles. The van der Waals surface area contributed by atoms with E-state index in [1.54, 1.807) is 6.07 Å². The number of halogens is 1. The monoisotopic (exact) mass is 193 g/mol. The van der Waals surface area contributed by atoms with E-state index in [9.17, 15) is 4.39 Å². The molecule has 3 heteroatoms. The Balaban J connectivity index is 2.22. The molecule has 75 valence electrons. The average molecular weight is 193 g/mol. The molecule has 0 saturated carbocycles. The van der Waals surface area contributed by atoms with E-state index in [2.05, 4.69) is 10.2 Å². The van der Waals surface area contributed by atoms with E-state index < -0.39 is 0 Å². The second-order valence-electron chi connectivity index (χ2n) is 3.59. The highest BCUT2D eigenvalue weighted by molar-refractivity contribution is 5.53. The Kier molecular flexibility index (Phi) is 2.68. The highest BCUT2D eigenvalue weighted by Crippen LogP contribution is 2.20. The lowest BCUT2D eigenvalue weighted by Gasteiger charge is -2.29. The molecule has 1 fully saturated rings. The Morgan fingerprint density at radius 1 is 1.29 bits per heavy atom. The molecule has 1 aromatic rings. The first kappa shape index (κ1) is 9.46. The van der Waals surface area contributed by atoms with Crippen LogP contribution in [0.5, 0.6) is 0 Å². The Morgan fingerprint density at radius 3 is 2.64 bits per heavy atom. The molecule has 1 radical (unpaired) electrons. The third kappa shape index (κ3) is 1.87. The number of benzene rings is 1. The molecule has 0 N–H and O–H groups in total. The summed E-state index contributed by atoms with van der Waals surface area (Å²) >= 11 is 0. The number of rotatable bonds is 1. The molecule has 2 nitrogen and oxygen atoms in total. The molecule has 2 rings (SSSR count). The topological polar surface area (TPSA) is 17.3 Å². The van der Waals surface area contributed by atoms with Crippen LogP contribution in [0.2, 0.25) is 0 Å². The maximum atomic E-state index is 12.9. The van der Waals surface area contributed by atoms with Crippen molar-refractivity contribution in [3.8, 4) is 0 Å². The van der Waals surface area contributed by atoms with Crippen LogP contribution in [0, 0.1) is 12.7 Å². The Labute approximate surface area is 83.7 Å². The van der Waals surface area contributed by atoms with Crippen molar-refractivity contribution in [2.45, 2.75) is 6.92 Å². The fourth-order valence-electron chi connectivity index (χ4n) is 1.82. The van der Waals surface area contributed by atoms with Gasteiger partial charge in [0.15, 0.2) is 0 Å². The van der Waals surface area contributed by atoms with Crippen LogP contribution in [0.4, 0.5) is 10.1 Å². The molecule has 0 unspecified atom stereocenters. The summed E-state index contributed by atoms with van der Waals surface area (Å²) in [4.78, 5) is 2.27. The van der Waals surface area contributed by atoms with Gasteiger partial charge >= 0.3 is 0 Å². The lowest BCUT2D eigenvalue weighted by Crippen LogP contribution is -2.40. The molecule has 0 bridgehead atoms. The molecular weight excluding hydrogens is 179 g/mol. The third-order valence-electron chi connectivity index (χ3n) is 2.56. The Morgan fingerprint density at radius 2 is 2.00 bits per heavy atom. The molecule has 0 spiro atoms. The van der Waals surface area contributed by atoms with E-state index in [1.165, 1.54) is 6.07 Å². The fraction of sp³-hybridized carbons (Fsp3) is 0.455. The van der Waals surface area contributed by atoms with Crippen molar-refractivity contribution in [1.82, 2.24) is 5.32 Å². The summed E-state index contributed by atoms with van der Waals surface area (Å²) < 4.78 is 12.9. The molecular formula is C11H14FN2. The molecule has 0 aliphatic carbocycles. The molecule has 1 aromatic carbocycles. The summed E-state index contributed by atoms with van der Waals surface area (Å²) in [6, 6.07) is 4.96. The zero-order valence-corrected chi connectivity index (χ0v) is 8.33. The van der Waals surface area contributed by atoms with Crippen molar-refractivity contribution in [3.63, 3.8) is 0 Å². The maximum absolute atomic E-state index is 12.9. The number of anilines is 1. The number of hydrogen-bond acceptors (Lipinski definition) is 1. The second kappa shape index (κ2) is 3.96. The van der Waals surface area contributed by atoms with E-state index in [1.807, 2.05) is 13.0 Å². The number of hydrogen-bond donors (Lipinski definition) is 0. The second-order valence-corrected chi connectivity index (χ2v) is 3.59. The zero-order valence-electron chi connectivity index (χ0n) is 8.33. The highest BCUT2D eigenvalue weighted by atomic mass is 19.1. The minimum Gasteiger partial charge on any atom is -0.369 e. The Hall–Kier alpha value is -1.09. The standard InChI is InChI=1S/C11H14FN2/c1-9-8-10(12)2-3-11(9)14-6-4-13-5-7-14/h2-3,8H,4-7H2,1H3. The molecule has 1 aliphatic rings. The van der Waals surface area contributed by atoms with Gasteiger partial charge in [-0.25, -0.2) is 9.71 Å². The highest BCUT2D eigenvalue weighted by Gasteiger charge is 2.12. The summed E-state index contributed by atoms with van der Waals surface area (Å²) in [5, 5.41) is 4.28. The minimum absolute atomic E-state index is 0.159. The van der Waals surface area contributed by atoms with Gasteiger partial charge in [-0.05, 0) is 30.7 Å². The van der Waals surface area contributed by atoms with Gasteiger partial charge in [-0.1, -0.05) is 0 Å². The maximum Gasteiger partial charge on any atom is 0.123 e. The summed E-state index contributed by atoms with van der Waals surface area (Å²) in [6.45, 7) is 5.62. The molecule has 1 aliphatic heterocycles. The lowest BCUT2D eigenvalue weighted by molar-refractivity contribution is 0.577. The van der Waals surface area contributed by atoms with Crippen molar-refractivity contribution in [1.29, 1.82) is 0 Å². The lowest BCUT2D eigenvalue weighted by atomic mass is 10.1.